The van der Waals surface area contributed by atoms with Gasteiger partial charge in [0.15, 0.2) is 23.0 Å². The van der Waals surface area contributed by atoms with Crippen molar-refractivity contribution in [3.63, 3.8) is 0 Å². The number of hydrogen-bond donors (Lipinski definition) is 0. The van der Waals surface area contributed by atoms with E-state index in [0.717, 1.165) is 42.3 Å². The summed E-state index contributed by atoms with van der Waals surface area (Å²) in [5.74, 6) is 3.05. The van der Waals surface area contributed by atoms with Crippen molar-refractivity contribution < 1.29 is 38.0 Å². The summed E-state index contributed by atoms with van der Waals surface area (Å²) in [4.78, 5) is 34.1. The summed E-state index contributed by atoms with van der Waals surface area (Å²) < 4.78 is 33.1. The maximum atomic E-state index is 14.3. The Morgan fingerprint density at radius 1 is 0.822 bits per heavy atom. The molecule has 2 saturated heterocycles. The third-order valence-corrected chi connectivity index (χ3v) is 8.83. The number of carbonyl (C=O) groups excluding carboxylic acids is 2. The zero-order chi connectivity index (χ0) is 31.5. The lowest BCUT2D eigenvalue weighted by molar-refractivity contribution is -0.140. The van der Waals surface area contributed by atoms with E-state index in [-0.39, 0.29) is 25.0 Å². The average Bonchev–Trinajstić information content (AvgIpc) is 3.55. The van der Waals surface area contributed by atoms with E-state index in [0.29, 0.717) is 48.2 Å². The minimum Gasteiger partial charge on any atom is -0.497 e. The van der Waals surface area contributed by atoms with Gasteiger partial charge in [0, 0.05) is 51.3 Å². The molecule has 11 nitrogen and oxygen atoms in total. The fourth-order valence-electron chi connectivity index (χ4n) is 6.50. The van der Waals surface area contributed by atoms with Gasteiger partial charge < -0.3 is 38.2 Å². The summed E-state index contributed by atoms with van der Waals surface area (Å²) in [7, 11) is 6.23. The molecule has 0 aromatic heterocycles. The molecule has 3 aliphatic heterocycles. The molecular weight excluding hydrogens is 578 g/mol. The van der Waals surface area contributed by atoms with Crippen molar-refractivity contribution in [1.29, 1.82) is 0 Å². The minimum absolute atomic E-state index is 0.0449. The molecule has 2 atom stereocenters. The second-order valence-electron chi connectivity index (χ2n) is 11.3. The maximum absolute atomic E-state index is 14.3. The van der Waals surface area contributed by atoms with Crippen molar-refractivity contribution in [2.24, 2.45) is 5.92 Å². The molecule has 0 bridgehead atoms. The summed E-state index contributed by atoms with van der Waals surface area (Å²) in [5.41, 5.74) is 2.56. The Morgan fingerprint density at radius 2 is 1.51 bits per heavy atom. The Balaban J connectivity index is 1.26. The first-order valence-corrected chi connectivity index (χ1v) is 15.1. The molecule has 2 amide bonds. The van der Waals surface area contributed by atoms with Crippen LogP contribution >= 0.6 is 0 Å². The van der Waals surface area contributed by atoms with Crippen molar-refractivity contribution in [3.8, 4) is 34.5 Å². The van der Waals surface area contributed by atoms with Crippen LogP contribution in [0.15, 0.2) is 54.6 Å². The van der Waals surface area contributed by atoms with E-state index in [4.69, 9.17) is 28.4 Å². The lowest BCUT2D eigenvalue weighted by Crippen LogP contribution is -2.54. The van der Waals surface area contributed by atoms with Crippen molar-refractivity contribution in [1.82, 2.24) is 9.80 Å². The highest BCUT2D eigenvalue weighted by atomic mass is 16.7. The van der Waals surface area contributed by atoms with Gasteiger partial charge in [-0.25, -0.2) is 0 Å². The molecule has 0 unspecified atom stereocenters. The van der Waals surface area contributed by atoms with E-state index in [2.05, 4.69) is 11.0 Å². The van der Waals surface area contributed by atoms with Crippen LogP contribution in [0.25, 0.3) is 0 Å². The third kappa shape index (κ3) is 6.04. The summed E-state index contributed by atoms with van der Waals surface area (Å²) >= 11 is 0. The van der Waals surface area contributed by atoms with Gasteiger partial charge in [-0.3, -0.25) is 14.5 Å². The van der Waals surface area contributed by atoms with Crippen LogP contribution in [0, 0.1) is 5.92 Å². The van der Waals surface area contributed by atoms with Gasteiger partial charge in [-0.1, -0.05) is 18.2 Å². The predicted molar refractivity (Wildman–Crippen MR) is 166 cm³/mol. The minimum atomic E-state index is -0.542. The Bertz CT molecular complexity index is 1510. The normalized spacial score (nSPS) is 19.8. The largest absolute Gasteiger partial charge is 0.497 e. The van der Waals surface area contributed by atoms with E-state index in [9.17, 15) is 9.59 Å². The van der Waals surface area contributed by atoms with Crippen LogP contribution in [-0.2, 0) is 16.1 Å². The standard InChI is InChI=1S/C34H39N3O8/c1-40-25-8-6-23(7-9-25)32-26(10-12-31(38)37(32)24-18-29(41-2)33(43-4)30(19-24)42-3)34(39)36-15-13-35(14-16-36)20-22-5-11-27-28(17-22)45-21-44-27/h5-9,11,17-19,26,32H,10,12-16,20-21H2,1-4H3/t26-,32+/m1/s1. The van der Waals surface area contributed by atoms with E-state index < -0.39 is 12.0 Å². The number of nitrogens with zero attached hydrogens (tertiary/aromatic N) is 3. The van der Waals surface area contributed by atoms with Gasteiger partial charge in [0.1, 0.15) is 5.75 Å². The van der Waals surface area contributed by atoms with Crippen LogP contribution in [0.1, 0.15) is 30.0 Å². The lowest BCUT2D eigenvalue weighted by atomic mass is 9.82. The molecule has 6 rings (SSSR count). The molecule has 238 valence electrons. The summed E-state index contributed by atoms with van der Waals surface area (Å²) in [5, 5.41) is 0. The molecule has 45 heavy (non-hydrogen) atoms. The van der Waals surface area contributed by atoms with Gasteiger partial charge in [0.25, 0.3) is 0 Å². The Labute approximate surface area is 263 Å². The quantitative estimate of drug-likeness (QED) is 0.349. The van der Waals surface area contributed by atoms with Crippen molar-refractivity contribution >= 4 is 17.5 Å². The molecule has 0 spiro atoms. The number of amides is 2. The first-order chi connectivity index (χ1) is 21.9. The molecule has 0 radical (unpaired) electrons. The molecule has 0 N–H and O–H groups in total. The van der Waals surface area contributed by atoms with Gasteiger partial charge >= 0.3 is 0 Å². The highest BCUT2D eigenvalue weighted by molar-refractivity contribution is 5.98. The Morgan fingerprint density at radius 3 is 2.16 bits per heavy atom. The van der Waals surface area contributed by atoms with Crippen LogP contribution in [0.5, 0.6) is 34.5 Å². The summed E-state index contributed by atoms with van der Waals surface area (Å²) in [6, 6.07) is 16.6. The van der Waals surface area contributed by atoms with E-state index in [1.807, 2.05) is 41.3 Å². The molecule has 11 heteroatoms. The second kappa shape index (κ2) is 13.2. The number of anilines is 1. The number of ether oxygens (including phenoxy) is 6. The van der Waals surface area contributed by atoms with Gasteiger partial charge in [-0.15, -0.1) is 0 Å². The molecule has 3 aromatic carbocycles. The van der Waals surface area contributed by atoms with Gasteiger partial charge in [-0.05, 0) is 41.8 Å². The maximum Gasteiger partial charge on any atom is 0.231 e. The molecule has 3 aliphatic rings. The number of benzene rings is 3. The number of rotatable bonds is 9. The van der Waals surface area contributed by atoms with Crippen LogP contribution in [0.3, 0.4) is 0 Å². The fraction of sp³-hybridized carbons (Fsp3) is 0.412. The predicted octanol–water partition coefficient (Wildman–Crippen LogP) is 4.28. The number of piperazine rings is 1. The second-order valence-corrected chi connectivity index (χ2v) is 11.3. The number of hydrogen-bond acceptors (Lipinski definition) is 9. The molecule has 0 saturated carbocycles. The molecule has 0 aliphatic carbocycles. The zero-order valence-corrected chi connectivity index (χ0v) is 26.1. The van der Waals surface area contributed by atoms with Crippen molar-refractivity contribution in [3.05, 3.63) is 65.7 Å². The summed E-state index contributed by atoms with van der Waals surface area (Å²) in [6.07, 6.45) is 0.691. The topological polar surface area (TPSA) is 99.2 Å². The van der Waals surface area contributed by atoms with E-state index in [1.165, 1.54) is 7.11 Å². The molecule has 2 fully saturated rings. The molecular formula is C34H39N3O8. The first-order valence-electron chi connectivity index (χ1n) is 15.1. The smallest absolute Gasteiger partial charge is 0.231 e. The van der Waals surface area contributed by atoms with Crippen LogP contribution in [0.2, 0.25) is 0 Å². The van der Waals surface area contributed by atoms with Crippen molar-refractivity contribution in [2.45, 2.75) is 25.4 Å². The number of piperidine rings is 1. The van der Waals surface area contributed by atoms with Crippen LogP contribution in [0.4, 0.5) is 5.69 Å². The molecule has 3 heterocycles. The van der Waals surface area contributed by atoms with Gasteiger partial charge in [0.05, 0.1) is 46.1 Å². The number of carbonyl (C=O) groups is 2. The highest BCUT2D eigenvalue weighted by Crippen LogP contribution is 2.47. The Hall–Kier alpha value is -4.64. The van der Waals surface area contributed by atoms with Gasteiger partial charge in [-0.2, -0.15) is 0 Å². The number of fused-ring (bicyclic) bond motifs is 1. The Kier molecular flexibility index (Phi) is 8.88. The van der Waals surface area contributed by atoms with Crippen LogP contribution < -0.4 is 33.3 Å². The highest BCUT2D eigenvalue weighted by Gasteiger charge is 2.44. The van der Waals surface area contributed by atoms with Gasteiger partial charge in [0.2, 0.25) is 24.4 Å². The lowest BCUT2D eigenvalue weighted by Gasteiger charge is -2.44. The number of methoxy groups -OCH3 is 4. The monoisotopic (exact) mass is 617 g/mol. The van der Waals surface area contributed by atoms with Crippen LogP contribution in [-0.4, -0.2) is 83.0 Å². The fourth-order valence-corrected chi connectivity index (χ4v) is 6.50. The molecule has 3 aromatic rings. The average molecular weight is 618 g/mol. The van der Waals surface area contributed by atoms with Crippen molar-refractivity contribution in [2.75, 3.05) is 66.3 Å². The zero-order valence-electron chi connectivity index (χ0n) is 26.1. The van der Waals surface area contributed by atoms with E-state index >= 15 is 0 Å². The summed E-state index contributed by atoms with van der Waals surface area (Å²) in [6.45, 7) is 3.72. The third-order valence-electron chi connectivity index (χ3n) is 8.83. The van der Waals surface area contributed by atoms with E-state index in [1.54, 1.807) is 38.4 Å². The SMILES string of the molecule is COc1ccc([C@H]2[C@H](C(=O)N3CCN(Cc4ccc5c(c4)OCO5)CC3)CCC(=O)N2c2cc(OC)c(OC)c(OC)c2)cc1. The first kappa shape index (κ1) is 30.4.